The normalized spacial score (nSPS) is 10.5. The van der Waals surface area contributed by atoms with E-state index in [4.69, 9.17) is 14.2 Å². The van der Waals surface area contributed by atoms with Gasteiger partial charge in [0.2, 0.25) is 0 Å². The van der Waals surface area contributed by atoms with Gasteiger partial charge in [0.25, 0.3) is 0 Å². The van der Waals surface area contributed by atoms with Crippen LogP contribution in [0.15, 0.2) is 47.6 Å². The van der Waals surface area contributed by atoms with Gasteiger partial charge in [-0.05, 0) is 54.6 Å². The minimum absolute atomic E-state index is 0.343. The lowest BCUT2D eigenvalue weighted by molar-refractivity contribution is 0.271. The van der Waals surface area contributed by atoms with Crippen LogP contribution in [0, 0.1) is 17.2 Å². The molecule has 0 aliphatic rings. The van der Waals surface area contributed by atoms with Crippen molar-refractivity contribution in [1.82, 2.24) is 9.97 Å². The van der Waals surface area contributed by atoms with Crippen molar-refractivity contribution >= 4 is 23.3 Å². The first-order valence-electron chi connectivity index (χ1n) is 10.1. The molecule has 0 unspecified atom stereocenters. The average molecular weight is 451 g/mol. The van der Waals surface area contributed by atoms with E-state index in [0.29, 0.717) is 46.3 Å². The van der Waals surface area contributed by atoms with E-state index in [0.717, 1.165) is 17.0 Å². The largest absolute Gasteiger partial charge is 0.493 e. The quantitative estimate of drug-likeness (QED) is 0.336. The fourth-order valence-electron chi connectivity index (χ4n) is 2.95. The van der Waals surface area contributed by atoms with Crippen molar-refractivity contribution in [2.75, 3.05) is 32.4 Å². The first-order chi connectivity index (χ1) is 15.5. The summed E-state index contributed by atoms with van der Waals surface area (Å²) in [6, 6.07) is 15.3. The highest BCUT2D eigenvalue weighted by Crippen LogP contribution is 2.35. The third kappa shape index (κ3) is 5.42. The number of aromatic nitrogens is 2. The Hall–Kier alpha value is -3.44. The first kappa shape index (κ1) is 23.2. The minimum Gasteiger partial charge on any atom is -0.493 e. The Morgan fingerprint density at radius 1 is 1.03 bits per heavy atom. The molecule has 32 heavy (non-hydrogen) atoms. The summed E-state index contributed by atoms with van der Waals surface area (Å²) in [5, 5.41) is 13.7. The summed E-state index contributed by atoms with van der Waals surface area (Å²) in [5.41, 5.74) is 2.39. The van der Waals surface area contributed by atoms with Crippen molar-refractivity contribution in [1.29, 1.82) is 5.26 Å². The van der Waals surface area contributed by atoms with Crippen molar-refractivity contribution < 1.29 is 14.2 Å². The molecule has 0 fully saturated rings. The Balaban J connectivity index is 1.98. The van der Waals surface area contributed by atoms with Crippen LogP contribution in [0.5, 0.6) is 17.2 Å². The lowest BCUT2D eigenvalue weighted by Crippen LogP contribution is -2.05. The highest BCUT2D eigenvalue weighted by atomic mass is 32.2. The fourth-order valence-corrected chi connectivity index (χ4v) is 3.32. The van der Waals surface area contributed by atoms with E-state index in [2.05, 4.69) is 35.2 Å². The number of thioether (sulfide) groups is 1. The monoisotopic (exact) mass is 450 g/mol. The molecule has 3 aromatic rings. The van der Waals surface area contributed by atoms with Crippen LogP contribution in [-0.2, 0) is 0 Å². The summed E-state index contributed by atoms with van der Waals surface area (Å²) >= 11 is 1.40. The fraction of sp³-hybridized carbons (Fsp3) is 0.292. The molecule has 1 N–H and O–H groups in total. The Kier molecular flexibility index (Phi) is 7.79. The van der Waals surface area contributed by atoms with Gasteiger partial charge in [0, 0.05) is 11.3 Å². The van der Waals surface area contributed by atoms with E-state index < -0.39 is 0 Å². The van der Waals surface area contributed by atoms with Gasteiger partial charge < -0.3 is 19.5 Å². The molecule has 0 saturated carbocycles. The minimum atomic E-state index is 0.343. The second-order valence-corrected chi connectivity index (χ2v) is 8.09. The molecule has 3 rings (SSSR count). The molecule has 2 aromatic carbocycles. The van der Waals surface area contributed by atoms with Gasteiger partial charge in [-0.15, -0.1) is 0 Å². The number of benzene rings is 2. The molecule has 166 valence electrons. The Morgan fingerprint density at radius 2 is 1.75 bits per heavy atom. The molecular formula is C24H26N4O3S. The molecule has 0 radical (unpaired) electrons. The van der Waals surface area contributed by atoms with Crippen LogP contribution < -0.4 is 19.5 Å². The predicted octanol–water partition coefficient (Wildman–Crippen LogP) is 5.53. The Morgan fingerprint density at radius 3 is 2.34 bits per heavy atom. The van der Waals surface area contributed by atoms with Crippen molar-refractivity contribution in [2.45, 2.75) is 19.0 Å². The van der Waals surface area contributed by atoms with Crippen molar-refractivity contribution in [2.24, 2.45) is 5.92 Å². The second-order valence-electron chi connectivity index (χ2n) is 7.32. The highest BCUT2D eigenvalue weighted by molar-refractivity contribution is 7.98. The maximum Gasteiger partial charge on any atom is 0.189 e. The number of hydrogen-bond acceptors (Lipinski definition) is 8. The Bertz CT molecular complexity index is 1110. The van der Waals surface area contributed by atoms with Crippen LogP contribution >= 0.6 is 11.8 Å². The van der Waals surface area contributed by atoms with Gasteiger partial charge in [0.1, 0.15) is 17.4 Å². The van der Waals surface area contributed by atoms with Crippen molar-refractivity contribution in [3.05, 3.63) is 48.0 Å². The molecule has 1 aromatic heterocycles. The molecule has 0 atom stereocenters. The molecule has 8 heteroatoms. The van der Waals surface area contributed by atoms with Gasteiger partial charge in [-0.3, -0.25) is 0 Å². The number of nitrogens with zero attached hydrogens (tertiary/aromatic N) is 3. The van der Waals surface area contributed by atoms with Crippen LogP contribution in [0.1, 0.15) is 19.4 Å². The summed E-state index contributed by atoms with van der Waals surface area (Å²) in [5.74, 6) is 2.85. The van der Waals surface area contributed by atoms with Gasteiger partial charge in [-0.1, -0.05) is 25.6 Å². The zero-order chi connectivity index (χ0) is 23.1. The molecule has 0 amide bonds. The maximum atomic E-state index is 9.94. The number of rotatable bonds is 9. The van der Waals surface area contributed by atoms with Crippen molar-refractivity contribution in [3.8, 4) is 34.6 Å². The highest BCUT2D eigenvalue weighted by Gasteiger charge is 2.18. The smallest absolute Gasteiger partial charge is 0.189 e. The van der Waals surface area contributed by atoms with Crippen LogP contribution in [0.3, 0.4) is 0 Å². The van der Waals surface area contributed by atoms with E-state index in [1.807, 2.05) is 36.6 Å². The zero-order valence-corrected chi connectivity index (χ0v) is 19.6. The molecule has 0 spiro atoms. The number of nitriles is 1. The van der Waals surface area contributed by atoms with E-state index in [1.54, 1.807) is 26.4 Å². The summed E-state index contributed by atoms with van der Waals surface area (Å²) < 4.78 is 16.5. The molecule has 0 aliphatic carbocycles. The van der Waals surface area contributed by atoms with E-state index in [9.17, 15) is 5.26 Å². The molecule has 0 bridgehead atoms. The van der Waals surface area contributed by atoms with E-state index in [1.165, 1.54) is 11.8 Å². The lowest BCUT2D eigenvalue weighted by Gasteiger charge is -2.14. The summed E-state index contributed by atoms with van der Waals surface area (Å²) in [6.07, 6.45) is 1.89. The third-order valence-electron chi connectivity index (χ3n) is 4.54. The number of methoxy groups -OCH3 is 2. The summed E-state index contributed by atoms with van der Waals surface area (Å²) in [4.78, 5) is 9.13. The standard InChI is InChI=1S/C24H26N4O3S/c1-15(2)14-31-18-9-7-17(8-10-18)26-23-19(13-25)22(27-24(28-23)32-5)16-6-11-20(29-3)21(12-16)30-4/h6-12,15H,14H2,1-5H3,(H,26,27,28). The van der Waals surface area contributed by atoms with Crippen LogP contribution in [0.4, 0.5) is 11.5 Å². The predicted molar refractivity (Wildman–Crippen MR) is 127 cm³/mol. The van der Waals surface area contributed by atoms with Crippen molar-refractivity contribution in [3.63, 3.8) is 0 Å². The summed E-state index contributed by atoms with van der Waals surface area (Å²) in [6.45, 7) is 4.87. The third-order valence-corrected chi connectivity index (χ3v) is 5.09. The zero-order valence-electron chi connectivity index (χ0n) is 18.8. The van der Waals surface area contributed by atoms with E-state index >= 15 is 0 Å². The number of nitrogens with one attached hydrogen (secondary N) is 1. The van der Waals surface area contributed by atoms with Gasteiger partial charge in [-0.2, -0.15) is 5.26 Å². The van der Waals surface area contributed by atoms with Crippen LogP contribution in [-0.4, -0.2) is 37.1 Å². The lowest BCUT2D eigenvalue weighted by atomic mass is 10.1. The van der Waals surface area contributed by atoms with Gasteiger partial charge in [0.05, 0.1) is 26.5 Å². The van der Waals surface area contributed by atoms with E-state index in [-0.39, 0.29) is 0 Å². The maximum absolute atomic E-state index is 9.94. The second kappa shape index (κ2) is 10.7. The number of hydrogen-bond donors (Lipinski definition) is 1. The van der Waals surface area contributed by atoms with Gasteiger partial charge in [0.15, 0.2) is 22.5 Å². The van der Waals surface area contributed by atoms with Gasteiger partial charge >= 0.3 is 0 Å². The molecule has 0 aliphatic heterocycles. The number of anilines is 2. The molecule has 7 nitrogen and oxygen atoms in total. The number of ether oxygens (including phenoxy) is 3. The SMILES string of the molecule is COc1ccc(-c2nc(SC)nc(Nc3ccc(OCC(C)C)cc3)c2C#N)cc1OC. The van der Waals surface area contributed by atoms with Crippen LogP contribution in [0.2, 0.25) is 0 Å². The van der Waals surface area contributed by atoms with Crippen LogP contribution in [0.25, 0.3) is 11.3 Å². The first-order valence-corrected chi connectivity index (χ1v) is 11.3. The van der Waals surface area contributed by atoms with Gasteiger partial charge in [-0.25, -0.2) is 9.97 Å². The summed E-state index contributed by atoms with van der Waals surface area (Å²) in [7, 11) is 3.15. The molecule has 0 saturated heterocycles. The Labute approximate surface area is 192 Å². The molecular weight excluding hydrogens is 424 g/mol. The topological polar surface area (TPSA) is 89.3 Å². The molecule has 1 heterocycles. The average Bonchev–Trinajstić information content (AvgIpc) is 2.82.